The highest BCUT2D eigenvalue weighted by Crippen LogP contribution is 2.23. The van der Waals surface area contributed by atoms with Gasteiger partial charge in [-0.1, -0.05) is 169 Å². The van der Waals surface area contributed by atoms with Crippen LogP contribution in [0.4, 0.5) is 0 Å². The molecule has 0 spiro atoms. The zero-order valence-electron chi connectivity index (χ0n) is 30.7. The fourth-order valence-electron chi connectivity index (χ4n) is 5.93. The number of allylic oxidation sites excluding steroid dienone is 2. The lowest BCUT2D eigenvalue weighted by Crippen LogP contribution is -2.00. The Bertz CT molecular complexity index is 563. The van der Waals surface area contributed by atoms with Gasteiger partial charge in [0.25, 0.3) is 0 Å². The van der Waals surface area contributed by atoms with Crippen LogP contribution in [0, 0.1) is 35.5 Å². The van der Waals surface area contributed by atoms with Gasteiger partial charge in [-0.05, 0) is 75.0 Å². The Hall–Kier alpha value is -0.600. The number of aliphatic hydroxyl groups is 2. The number of hydrogen-bond donors (Lipinski definition) is 2. The Morgan fingerprint density at radius 3 is 0.881 bits per heavy atom. The molecule has 0 aliphatic rings. The van der Waals surface area contributed by atoms with Gasteiger partial charge in [0.2, 0.25) is 0 Å². The minimum Gasteiger partial charge on any atom is -0.392 e. The summed E-state index contributed by atoms with van der Waals surface area (Å²) in [6, 6.07) is 0. The summed E-state index contributed by atoms with van der Waals surface area (Å²) in [7, 11) is 0. The average Bonchev–Trinajstić information content (AvgIpc) is 2.89. The minimum atomic E-state index is 0.191. The summed E-state index contributed by atoms with van der Waals surface area (Å²) < 4.78 is 0. The van der Waals surface area contributed by atoms with E-state index in [2.05, 4.69) is 69.2 Å². The van der Waals surface area contributed by atoms with E-state index in [9.17, 15) is 0 Å². The molecule has 0 aromatic carbocycles. The maximum Gasteiger partial charge on any atom is 0.0614 e. The lowest BCUT2D eigenvalue weighted by Gasteiger charge is -2.15. The van der Waals surface area contributed by atoms with Crippen LogP contribution in [0.15, 0.2) is 23.3 Å². The molecular weight excluding hydrogens is 512 g/mol. The van der Waals surface area contributed by atoms with Gasteiger partial charge in [0.15, 0.2) is 0 Å². The molecule has 0 unspecified atom stereocenters. The van der Waals surface area contributed by atoms with E-state index in [1.165, 1.54) is 114 Å². The van der Waals surface area contributed by atoms with Crippen molar-refractivity contribution in [1.82, 2.24) is 0 Å². The predicted molar refractivity (Wildman–Crippen MR) is 191 cm³/mol. The van der Waals surface area contributed by atoms with Crippen molar-refractivity contribution in [1.29, 1.82) is 0 Å². The number of aliphatic hydroxyl groups excluding tert-OH is 2. The van der Waals surface area contributed by atoms with Crippen LogP contribution in [0.1, 0.15) is 185 Å². The van der Waals surface area contributed by atoms with E-state index in [1.54, 1.807) is 0 Å². The van der Waals surface area contributed by atoms with Crippen molar-refractivity contribution in [2.75, 3.05) is 13.2 Å². The van der Waals surface area contributed by atoms with Crippen LogP contribution < -0.4 is 0 Å². The summed E-state index contributed by atoms with van der Waals surface area (Å²) in [6.07, 6.45) is 28.2. The Labute approximate surface area is 266 Å². The maximum absolute atomic E-state index is 8.83. The molecule has 2 nitrogen and oxygen atoms in total. The maximum atomic E-state index is 8.83. The van der Waals surface area contributed by atoms with Gasteiger partial charge in [-0.2, -0.15) is 0 Å². The smallest absolute Gasteiger partial charge is 0.0614 e. The van der Waals surface area contributed by atoms with Crippen molar-refractivity contribution in [3.8, 4) is 0 Å². The molecule has 0 heterocycles. The van der Waals surface area contributed by atoms with Gasteiger partial charge in [0.1, 0.15) is 0 Å². The molecule has 0 rings (SSSR count). The van der Waals surface area contributed by atoms with Crippen LogP contribution >= 0.6 is 0 Å². The second-order valence-corrected chi connectivity index (χ2v) is 15.2. The van der Waals surface area contributed by atoms with Crippen molar-refractivity contribution in [3.63, 3.8) is 0 Å². The zero-order valence-corrected chi connectivity index (χ0v) is 30.7. The van der Waals surface area contributed by atoms with Crippen molar-refractivity contribution >= 4 is 0 Å². The number of rotatable bonds is 26. The average molecular weight is 593 g/mol. The second kappa shape index (κ2) is 30.4. The van der Waals surface area contributed by atoms with E-state index < -0.39 is 0 Å². The topological polar surface area (TPSA) is 40.5 Å². The quantitative estimate of drug-likeness (QED) is 0.0981. The highest BCUT2D eigenvalue weighted by molar-refractivity contribution is 4.98. The van der Waals surface area contributed by atoms with Crippen LogP contribution in [0.2, 0.25) is 0 Å². The molecule has 2 N–H and O–H groups in total. The van der Waals surface area contributed by atoms with Gasteiger partial charge < -0.3 is 10.2 Å². The van der Waals surface area contributed by atoms with Crippen molar-refractivity contribution in [2.45, 2.75) is 185 Å². The van der Waals surface area contributed by atoms with Gasteiger partial charge in [0, 0.05) is 0 Å². The van der Waals surface area contributed by atoms with Gasteiger partial charge in [-0.15, -0.1) is 0 Å². The Morgan fingerprint density at radius 1 is 0.405 bits per heavy atom. The molecule has 0 aliphatic carbocycles. The fraction of sp³-hybridized carbons (Fsp3) is 0.900. The first kappa shape index (κ1) is 43.5. The molecule has 2 heteroatoms. The van der Waals surface area contributed by atoms with E-state index in [0.29, 0.717) is 0 Å². The zero-order chi connectivity index (χ0) is 32.2. The van der Waals surface area contributed by atoms with E-state index in [0.717, 1.165) is 48.3 Å². The molecule has 0 aromatic rings. The summed E-state index contributed by atoms with van der Waals surface area (Å²) in [6.45, 7) is 23.6. The van der Waals surface area contributed by atoms with E-state index in [-0.39, 0.29) is 13.2 Å². The molecule has 0 fully saturated rings. The first-order valence-corrected chi connectivity index (χ1v) is 18.4. The summed E-state index contributed by atoms with van der Waals surface area (Å²) in [4.78, 5) is 0. The predicted octanol–water partition coefficient (Wildman–Crippen LogP) is 12.7. The van der Waals surface area contributed by atoms with Crippen LogP contribution in [0.5, 0.6) is 0 Å². The highest BCUT2D eigenvalue weighted by Gasteiger charge is 2.08. The number of hydrogen-bond acceptors (Lipinski definition) is 2. The molecule has 0 amide bonds. The summed E-state index contributed by atoms with van der Waals surface area (Å²) in [5, 5.41) is 17.7. The SMILES string of the molecule is C/C(=C\CO)CCC[C@H](C)CCC[C@H](C)CCCC(C)C.C/C(=C\CO)CCC[C@H](C)CCC[C@H](C)CCCC(C)C. The molecule has 4 atom stereocenters. The van der Waals surface area contributed by atoms with Crippen LogP contribution in [0.25, 0.3) is 0 Å². The van der Waals surface area contributed by atoms with Gasteiger partial charge in [-0.3, -0.25) is 0 Å². The lowest BCUT2D eigenvalue weighted by atomic mass is 9.91. The molecule has 252 valence electrons. The normalized spacial score (nSPS) is 15.5. The lowest BCUT2D eigenvalue weighted by molar-refractivity contribution is 0.341. The third kappa shape index (κ3) is 33.9. The van der Waals surface area contributed by atoms with Crippen LogP contribution in [-0.4, -0.2) is 23.4 Å². The Kier molecular flexibility index (Phi) is 31.5. The van der Waals surface area contributed by atoms with Gasteiger partial charge >= 0.3 is 0 Å². The van der Waals surface area contributed by atoms with Crippen LogP contribution in [-0.2, 0) is 0 Å². The first-order chi connectivity index (χ1) is 19.9. The van der Waals surface area contributed by atoms with Crippen molar-refractivity contribution in [3.05, 3.63) is 23.3 Å². The second-order valence-electron chi connectivity index (χ2n) is 15.2. The van der Waals surface area contributed by atoms with Gasteiger partial charge in [-0.25, -0.2) is 0 Å². The monoisotopic (exact) mass is 593 g/mol. The molecule has 0 aromatic heterocycles. The standard InChI is InChI=1S/2C20H40O/c2*1-17(2)9-6-10-18(3)11-7-12-19(4)13-8-14-20(5)15-16-21/h2*15,17-19,21H,6-14,16H2,1-5H3/b2*20-15+/t2*18-,19-/m11/s1. The molecule has 0 bridgehead atoms. The molecule has 42 heavy (non-hydrogen) atoms. The Morgan fingerprint density at radius 2 is 0.643 bits per heavy atom. The summed E-state index contributed by atoms with van der Waals surface area (Å²) >= 11 is 0. The first-order valence-electron chi connectivity index (χ1n) is 18.4. The molecule has 0 radical (unpaired) electrons. The summed E-state index contributed by atoms with van der Waals surface area (Å²) in [5.41, 5.74) is 2.67. The van der Waals surface area contributed by atoms with E-state index >= 15 is 0 Å². The molecular formula is C40H80O2. The minimum absolute atomic E-state index is 0.191. The van der Waals surface area contributed by atoms with Crippen molar-refractivity contribution in [2.24, 2.45) is 35.5 Å². The van der Waals surface area contributed by atoms with E-state index in [4.69, 9.17) is 10.2 Å². The largest absolute Gasteiger partial charge is 0.392 e. The molecule has 0 saturated heterocycles. The van der Waals surface area contributed by atoms with E-state index in [1.807, 2.05) is 12.2 Å². The molecule has 0 saturated carbocycles. The summed E-state index contributed by atoms with van der Waals surface area (Å²) in [5.74, 6) is 5.25. The third-order valence-electron chi connectivity index (χ3n) is 9.16. The van der Waals surface area contributed by atoms with Gasteiger partial charge in [0.05, 0.1) is 13.2 Å². The van der Waals surface area contributed by atoms with Crippen LogP contribution in [0.3, 0.4) is 0 Å². The third-order valence-corrected chi connectivity index (χ3v) is 9.16. The molecule has 0 aliphatic heterocycles. The van der Waals surface area contributed by atoms with Crippen molar-refractivity contribution < 1.29 is 10.2 Å². The highest BCUT2D eigenvalue weighted by atomic mass is 16.3. The fourth-order valence-corrected chi connectivity index (χ4v) is 5.93. The Balaban J connectivity index is 0.